The molecule has 1 aromatic carbocycles. The molecule has 0 bridgehead atoms. The van der Waals surface area contributed by atoms with Gasteiger partial charge in [0.15, 0.2) is 0 Å². The first-order chi connectivity index (χ1) is 9.81. The predicted octanol–water partition coefficient (Wildman–Crippen LogP) is 1.96. The topological polar surface area (TPSA) is 84.2 Å². The number of carbonyl (C=O) groups excluding carboxylic acids is 2. The van der Waals surface area contributed by atoms with E-state index >= 15 is 0 Å². The van der Waals surface area contributed by atoms with Crippen LogP contribution in [0.5, 0.6) is 0 Å². The smallest absolute Gasteiger partial charge is 0.251 e. The zero-order valence-corrected chi connectivity index (χ0v) is 14.4. The maximum Gasteiger partial charge on any atom is 0.251 e. The Morgan fingerprint density at radius 1 is 1.23 bits per heavy atom. The highest BCUT2D eigenvalue weighted by atomic mass is 35.5. The monoisotopic (exact) mass is 327 g/mol. The standard InChI is InChI=1S/C16H25N3O2.ClH/c1-11(2)9-16(3,10-17)19-15(21)13-7-5-6-12(8-13)14(20)18-4;/h5-8,11H,9-10,17H2,1-4H3,(H,18,20)(H,19,21);1H. The minimum absolute atomic E-state index is 0. The predicted molar refractivity (Wildman–Crippen MR) is 91.5 cm³/mol. The molecule has 6 heteroatoms. The molecule has 1 rings (SSSR count). The van der Waals surface area contributed by atoms with Crippen molar-refractivity contribution < 1.29 is 9.59 Å². The summed E-state index contributed by atoms with van der Waals surface area (Å²) in [7, 11) is 1.56. The van der Waals surface area contributed by atoms with Crippen LogP contribution in [0.1, 0.15) is 47.9 Å². The molecule has 1 atom stereocenters. The highest BCUT2D eigenvalue weighted by Gasteiger charge is 2.26. The minimum Gasteiger partial charge on any atom is -0.355 e. The van der Waals surface area contributed by atoms with Gasteiger partial charge in [-0.05, 0) is 37.5 Å². The van der Waals surface area contributed by atoms with E-state index in [0.29, 0.717) is 23.6 Å². The van der Waals surface area contributed by atoms with Crippen LogP contribution in [0.3, 0.4) is 0 Å². The molecule has 0 saturated heterocycles. The molecule has 124 valence electrons. The fraction of sp³-hybridized carbons (Fsp3) is 0.500. The van der Waals surface area contributed by atoms with E-state index in [4.69, 9.17) is 5.73 Å². The Morgan fingerprint density at radius 2 is 1.77 bits per heavy atom. The molecule has 1 aromatic rings. The average molecular weight is 328 g/mol. The molecule has 4 N–H and O–H groups in total. The molecule has 22 heavy (non-hydrogen) atoms. The van der Waals surface area contributed by atoms with Crippen LogP contribution in [0.25, 0.3) is 0 Å². The first-order valence-electron chi connectivity index (χ1n) is 7.16. The lowest BCUT2D eigenvalue weighted by Gasteiger charge is -2.31. The molecule has 0 aromatic heterocycles. The molecule has 2 amide bonds. The quantitative estimate of drug-likeness (QED) is 0.746. The summed E-state index contributed by atoms with van der Waals surface area (Å²) in [5.74, 6) is -0.00109. The van der Waals surface area contributed by atoms with Crippen molar-refractivity contribution >= 4 is 24.2 Å². The molecule has 0 fully saturated rings. The highest BCUT2D eigenvalue weighted by molar-refractivity contribution is 5.99. The van der Waals surface area contributed by atoms with E-state index in [1.807, 2.05) is 6.92 Å². The molecule has 5 nitrogen and oxygen atoms in total. The number of rotatable bonds is 6. The van der Waals surface area contributed by atoms with Crippen molar-refractivity contribution in [3.05, 3.63) is 35.4 Å². The summed E-state index contributed by atoms with van der Waals surface area (Å²) in [4.78, 5) is 24.0. The molecule has 0 aliphatic carbocycles. The molecule has 0 saturated carbocycles. The second kappa shape index (κ2) is 8.76. The van der Waals surface area contributed by atoms with E-state index < -0.39 is 5.54 Å². The van der Waals surface area contributed by atoms with Crippen molar-refractivity contribution in [3.63, 3.8) is 0 Å². The number of hydrogen-bond donors (Lipinski definition) is 3. The Balaban J connectivity index is 0.00000441. The van der Waals surface area contributed by atoms with Crippen LogP contribution in [-0.2, 0) is 0 Å². The summed E-state index contributed by atoms with van der Waals surface area (Å²) >= 11 is 0. The zero-order valence-electron chi connectivity index (χ0n) is 13.6. The Hall–Kier alpha value is -1.59. The van der Waals surface area contributed by atoms with Gasteiger partial charge >= 0.3 is 0 Å². The van der Waals surface area contributed by atoms with Crippen LogP contribution in [0.15, 0.2) is 24.3 Å². The van der Waals surface area contributed by atoms with Gasteiger partial charge < -0.3 is 16.4 Å². The van der Waals surface area contributed by atoms with Gasteiger partial charge in [0.05, 0.1) is 0 Å². The van der Waals surface area contributed by atoms with E-state index in [2.05, 4.69) is 24.5 Å². The molecule has 0 aliphatic heterocycles. The number of nitrogens with two attached hydrogens (primary N) is 1. The lowest BCUT2D eigenvalue weighted by Crippen LogP contribution is -2.52. The van der Waals surface area contributed by atoms with Gasteiger partial charge in [-0.1, -0.05) is 19.9 Å². The van der Waals surface area contributed by atoms with Gasteiger partial charge in [-0.25, -0.2) is 0 Å². The Kier molecular flexibility index (Phi) is 8.12. The molecule has 0 aliphatic rings. The van der Waals surface area contributed by atoms with E-state index in [9.17, 15) is 9.59 Å². The van der Waals surface area contributed by atoms with Gasteiger partial charge in [0.2, 0.25) is 0 Å². The van der Waals surface area contributed by atoms with E-state index in [1.54, 1.807) is 31.3 Å². The molecule has 1 unspecified atom stereocenters. The summed E-state index contributed by atoms with van der Waals surface area (Å²) in [5, 5.41) is 5.52. The third kappa shape index (κ3) is 5.66. The van der Waals surface area contributed by atoms with Gasteiger partial charge in [-0.3, -0.25) is 9.59 Å². The summed E-state index contributed by atoms with van der Waals surface area (Å²) in [6, 6.07) is 6.64. The highest BCUT2D eigenvalue weighted by Crippen LogP contribution is 2.16. The van der Waals surface area contributed by atoms with Gasteiger partial charge in [-0.2, -0.15) is 0 Å². The number of halogens is 1. The zero-order chi connectivity index (χ0) is 16.0. The van der Waals surface area contributed by atoms with Crippen LogP contribution < -0.4 is 16.4 Å². The first-order valence-corrected chi connectivity index (χ1v) is 7.16. The maximum atomic E-state index is 12.4. The van der Waals surface area contributed by atoms with Crippen molar-refractivity contribution in [3.8, 4) is 0 Å². The van der Waals surface area contributed by atoms with Crippen molar-refractivity contribution in [2.45, 2.75) is 32.7 Å². The van der Waals surface area contributed by atoms with Crippen LogP contribution in [-0.4, -0.2) is 30.9 Å². The molecule has 0 heterocycles. The Bertz CT molecular complexity index is 520. The van der Waals surface area contributed by atoms with Crippen LogP contribution in [0.2, 0.25) is 0 Å². The Morgan fingerprint density at radius 3 is 2.23 bits per heavy atom. The maximum absolute atomic E-state index is 12.4. The second-order valence-electron chi connectivity index (χ2n) is 5.98. The number of benzene rings is 1. The largest absolute Gasteiger partial charge is 0.355 e. The summed E-state index contributed by atoms with van der Waals surface area (Å²) in [6.07, 6.45) is 0.796. The number of carbonyl (C=O) groups is 2. The van der Waals surface area contributed by atoms with E-state index in [-0.39, 0.29) is 24.2 Å². The summed E-state index contributed by atoms with van der Waals surface area (Å²) < 4.78 is 0. The van der Waals surface area contributed by atoms with Crippen LogP contribution in [0, 0.1) is 5.92 Å². The van der Waals surface area contributed by atoms with Crippen molar-refractivity contribution in [2.24, 2.45) is 11.7 Å². The van der Waals surface area contributed by atoms with Crippen molar-refractivity contribution in [1.82, 2.24) is 10.6 Å². The number of hydrogen-bond acceptors (Lipinski definition) is 3. The fourth-order valence-corrected chi connectivity index (χ4v) is 2.38. The fourth-order valence-electron chi connectivity index (χ4n) is 2.38. The number of amides is 2. The third-order valence-corrected chi connectivity index (χ3v) is 3.34. The lowest BCUT2D eigenvalue weighted by molar-refractivity contribution is 0.0898. The SMILES string of the molecule is CNC(=O)c1cccc(C(=O)NC(C)(CN)CC(C)C)c1.Cl. The first kappa shape index (κ1) is 20.4. The van der Waals surface area contributed by atoms with Crippen molar-refractivity contribution in [2.75, 3.05) is 13.6 Å². The van der Waals surface area contributed by atoms with E-state index in [0.717, 1.165) is 6.42 Å². The van der Waals surface area contributed by atoms with Gasteiger partial charge in [0.1, 0.15) is 0 Å². The van der Waals surface area contributed by atoms with E-state index in [1.165, 1.54) is 0 Å². The second-order valence-corrected chi connectivity index (χ2v) is 5.98. The normalized spacial score (nSPS) is 13.0. The minimum atomic E-state index is -0.450. The van der Waals surface area contributed by atoms with Gasteiger partial charge in [0, 0.05) is 30.3 Å². The Labute approximate surface area is 138 Å². The van der Waals surface area contributed by atoms with Crippen LogP contribution in [0.4, 0.5) is 0 Å². The van der Waals surface area contributed by atoms with Gasteiger partial charge in [-0.15, -0.1) is 12.4 Å². The van der Waals surface area contributed by atoms with Gasteiger partial charge in [0.25, 0.3) is 11.8 Å². The molecular weight excluding hydrogens is 302 g/mol. The third-order valence-electron chi connectivity index (χ3n) is 3.34. The molecular formula is C16H26ClN3O2. The molecule has 0 radical (unpaired) electrons. The summed E-state index contributed by atoms with van der Waals surface area (Å²) in [5.41, 5.74) is 6.27. The van der Waals surface area contributed by atoms with Crippen molar-refractivity contribution in [1.29, 1.82) is 0 Å². The molecule has 0 spiro atoms. The van der Waals surface area contributed by atoms with Crippen LogP contribution >= 0.6 is 12.4 Å². The summed E-state index contributed by atoms with van der Waals surface area (Å²) in [6.45, 7) is 6.48. The lowest BCUT2D eigenvalue weighted by atomic mass is 9.90. The average Bonchev–Trinajstić information content (AvgIpc) is 2.45. The number of nitrogens with one attached hydrogen (secondary N) is 2.